The van der Waals surface area contributed by atoms with Gasteiger partial charge in [0.1, 0.15) is 0 Å². The second kappa shape index (κ2) is 4.87. The van der Waals surface area contributed by atoms with Crippen LogP contribution in [0.25, 0.3) is 11.1 Å². The van der Waals surface area contributed by atoms with Crippen LogP contribution in [0.4, 0.5) is 0 Å². The van der Waals surface area contributed by atoms with Crippen molar-refractivity contribution in [2.45, 2.75) is 6.42 Å². The van der Waals surface area contributed by atoms with Crippen LogP contribution >= 0.6 is 0 Å². The van der Waals surface area contributed by atoms with E-state index < -0.39 is 11.7 Å². The maximum Gasteiger partial charge on any atom is 0.419 e. The highest BCUT2D eigenvalue weighted by Gasteiger charge is 2.06. The van der Waals surface area contributed by atoms with E-state index in [-0.39, 0.29) is 6.29 Å². The maximum atomic E-state index is 11.3. The van der Waals surface area contributed by atoms with Crippen molar-refractivity contribution in [3.63, 3.8) is 0 Å². The molecule has 0 fully saturated rings. The summed E-state index contributed by atoms with van der Waals surface area (Å²) >= 11 is 0. The molecule has 6 nitrogen and oxygen atoms in total. The lowest BCUT2D eigenvalue weighted by Crippen LogP contribution is -2.26. The number of aryl methyl sites for hydroxylation is 1. The maximum absolute atomic E-state index is 11.3. The van der Waals surface area contributed by atoms with Crippen molar-refractivity contribution in [2.75, 3.05) is 6.54 Å². The van der Waals surface area contributed by atoms with Crippen LogP contribution < -0.4 is 11.1 Å². The number of fused-ring (bicyclic) bond motifs is 1. The Labute approximate surface area is 102 Å². The highest BCUT2D eigenvalue weighted by atomic mass is 16.4. The van der Waals surface area contributed by atoms with Crippen molar-refractivity contribution < 1.29 is 14.0 Å². The van der Waals surface area contributed by atoms with E-state index in [2.05, 4.69) is 5.32 Å². The number of carbonyl (C=O) groups is 2. The van der Waals surface area contributed by atoms with Gasteiger partial charge in [-0.3, -0.25) is 14.2 Å². The summed E-state index contributed by atoms with van der Waals surface area (Å²) in [5.74, 6) is -1.04. The zero-order valence-electron chi connectivity index (χ0n) is 9.80. The molecule has 1 N–H and O–H groups in total. The van der Waals surface area contributed by atoms with E-state index in [1.807, 2.05) is 6.07 Å². The molecule has 0 aliphatic rings. The zero-order chi connectivity index (χ0) is 13.1. The minimum absolute atomic E-state index is 0.236. The summed E-state index contributed by atoms with van der Waals surface area (Å²) in [6, 6.07) is 5.39. The molecule has 1 heterocycles. The van der Waals surface area contributed by atoms with Gasteiger partial charge in [0, 0.05) is 13.6 Å². The quantitative estimate of drug-likeness (QED) is 0.609. The van der Waals surface area contributed by atoms with Crippen LogP contribution in [-0.2, 0) is 23.1 Å². The first kappa shape index (κ1) is 12.1. The molecule has 0 bridgehead atoms. The number of benzene rings is 1. The molecule has 2 rings (SSSR count). The van der Waals surface area contributed by atoms with Gasteiger partial charge in [-0.1, -0.05) is 6.07 Å². The molecular formula is C12H12N2O4. The van der Waals surface area contributed by atoms with E-state index in [0.717, 1.165) is 11.1 Å². The molecule has 94 valence electrons. The minimum Gasteiger partial charge on any atom is -0.408 e. The van der Waals surface area contributed by atoms with Crippen molar-refractivity contribution in [1.29, 1.82) is 0 Å². The van der Waals surface area contributed by atoms with E-state index in [9.17, 15) is 14.4 Å². The summed E-state index contributed by atoms with van der Waals surface area (Å²) < 4.78 is 6.48. The number of amides is 1. The first-order valence-corrected chi connectivity index (χ1v) is 5.43. The smallest absolute Gasteiger partial charge is 0.408 e. The standard InChI is InChI=1S/C12H12N2O4/c1-14-9-3-2-8(4-5-13-11(16)7-15)6-10(9)18-12(14)17/h2-3,6-7H,4-5H2,1H3,(H,13,16). The number of aromatic nitrogens is 1. The van der Waals surface area contributed by atoms with Crippen molar-refractivity contribution in [2.24, 2.45) is 7.05 Å². The number of nitrogens with zero attached hydrogens (tertiary/aromatic N) is 1. The third-order valence-corrected chi connectivity index (χ3v) is 2.68. The molecule has 0 saturated heterocycles. The lowest BCUT2D eigenvalue weighted by atomic mass is 10.1. The Morgan fingerprint density at radius 1 is 1.50 bits per heavy atom. The lowest BCUT2D eigenvalue weighted by Gasteiger charge is -2.01. The van der Waals surface area contributed by atoms with Crippen molar-refractivity contribution in [1.82, 2.24) is 9.88 Å². The summed E-state index contributed by atoms with van der Waals surface area (Å²) in [7, 11) is 1.64. The van der Waals surface area contributed by atoms with Crippen molar-refractivity contribution in [3.05, 3.63) is 34.3 Å². The fraction of sp³-hybridized carbons (Fsp3) is 0.250. The Hall–Kier alpha value is -2.37. The summed E-state index contributed by atoms with van der Waals surface area (Å²) in [4.78, 5) is 32.1. The molecular weight excluding hydrogens is 236 g/mol. The van der Waals surface area contributed by atoms with Crippen LogP contribution in [0.15, 0.2) is 27.4 Å². The summed E-state index contributed by atoms with van der Waals surface area (Å²) in [5.41, 5.74) is 2.16. The second-order valence-electron chi connectivity index (χ2n) is 3.89. The highest BCUT2D eigenvalue weighted by Crippen LogP contribution is 2.14. The Balaban J connectivity index is 2.13. The van der Waals surface area contributed by atoms with Crippen LogP contribution in [0, 0.1) is 0 Å². The average Bonchev–Trinajstić information content (AvgIpc) is 2.64. The van der Waals surface area contributed by atoms with Crippen molar-refractivity contribution >= 4 is 23.3 Å². The van der Waals surface area contributed by atoms with Gasteiger partial charge in [-0.25, -0.2) is 4.79 Å². The molecule has 2 aromatic rings. The van der Waals surface area contributed by atoms with Gasteiger partial charge in [-0.05, 0) is 24.1 Å². The molecule has 0 aliphatic carbocycles. The first-order chi connectivity index (χ1) is 8.61. The molecule has 6 heteroatoms. The third kappa shape index (κ3) is 2.32. The number of oxazole rings is 1. The third-order valence-electron chi connectivity index (χ3n) is 2.68. The van der Waals surface area contributed by atoms with Gasteiger partial charge in [0.2, 0.25) is 6.29 Å². The number of nitrogens with one attached hydrogen (secondary N) is 1. The minimum atomic E-state index is -0.637. The van der Waals surface area contributed by atoms with Gasteiger partial charge in [-0.2, -0.15) is 0 Å². The fourth-order valence-electron chi connectivity index (χ4n) is 1.71. The van der Waals surface area contributed by atoms with Crippen molar-refractivity contribution in [3.8, 4) is 0 Å². The summed E-state index contributed by atoms with van der Waals surface area (Å²) in [6.45, 7) is 0.361. The first-order valence-electron chi connectivity index (χ1n) is 5.43. The Bertz CT molecular complexity index is 654. The Morgan fingerprint density at radius 2 is 2.28 bits per heavy atom. The van der Waals surface area contributed by atoms with E-state index >= 15 is 0 Å². The van der Waals surface area contributed by atoms with Gasteiger partial charge in [0.05, 0.1) is 5.52 Å². The Kier molecular flexibility index (Phi) is 3.27. The van der Waals surface area contributed by atoms with Crippen LogP contribution in [0.5, 0.6) is 0 Å². The topological polar surface area (TPSA) is 81.3 Å². The van der Waals surface area contributed by atoms with Crippen LogP contribution in [0.3, 0.4) is 0 Å². The van der Waals surface area contributed by atoms with Gasteiger partial charge >= 0.3 is 5.76 Å². The molecule has 1 aromatic heterocycles. The normalized spacial score (nSPS) is 10.5. The molecule has 0 spiro atoms. The molecule has 0 atom stereocenters. The molecule has 0 radical (unpaired) electrons. The van der Waals surface area contributed by atoms with Gasteiger partial charge in [0.25, 0.3) is 5.91 Å². The Morgan fingerprint density at radius 3 is 3.00 bits per heavy atom. The van der Waals surface area contributed by atoms with Crippen LogP contribution in [0.2, 0.25) is 0 Å². The molecule has 0 aliphatic heterocycles. The monoisotopic (exact) mass is 248 g/mol. The predicted molar refractivity (Wildman–Crippen MR) is 64.2 cm³/mol. The van der Waals surface area contributed by atoms with Crippen LogP contribution in [-0.4, -0.2) is 23.3 Å². The number of hydrogen-bond donors (Lipinski definition) is 1. The number of hydrogen-bond acceptors (Lipinski definition) is 4. The van der Waals surface area contributed by atoms with E-state index in [1.165, 1.54) is 4.57 Å². The number of rotatable bonds is 4. The second-order valence-corrected chi connectivity index (χ2v) is 3.89. The lowest BCUT2D eigenvalue weighted by molar-refractivity contribution is -0.131. The molecule has 0 saturated carbocycles. The van der Waals surface area contributed by atoms with E-state index in [4.69, 9.17) is 4.42 Å². The predicted octanol–water partition coefficient (Wildman–Crippen LogP) is -0.0109. The number of aldehydes is 1. The fourth-order valence-corrected chi connectivity index (χ4v) is 1.71. The zero-order valence-corrected chi connectivity index (χ0v) is 9.80. The number of carbonyl (C=O) groups excluding carboxylic acids is 2. The summed E-state index contributed by atoms with van der Waals surface area (Å²) in [6.07, 6.45) is 0.799. The molecule has 18 heavy (non-hydrogen) atoms. The van der Waals surface area contributed by atoms with E-state index in [1.54, 1.807) is 19.2 Å². The highest BCUT2D eigenvalue weighted by molar-refractivity contribution is 6.23. The largest absolute Gasteiger partial charge is 0.419 e. The van der Waals surface area contributed by atoms with Crippen LogP contribution in [0.1, 0.15) is 5.56 Å². The van der Waals surface area contributed by atoms with E-state index in [0.29, 0.717) is 18.5 Å². The van der Waals surface area contributed by atoms with Gasteiger partial charge in [0.15, 0.2) is 5.58 Å². The summed E-state index contributed by atoms with van der Waals surface area (Å²) in [5, 5.41) is 2.44. The molecule has 1 amide bonds. The molecule has 0 unspecified atom stereocenters. The molecule has 1 aromatic carbocycles. The van der Waals surface area contributed by atoms with Gasteiger partial charge < -0.3 is 9.73 Å². The SMILES string of the molecule is Cn1c(=O)oc2cc(CCNC(=O)C=O)ccc21. The average molecular weight is 248 g/mol. The van der Waals surface area contributed by atoms with Gasteiger partial charge in [-0.15, -0.1) is 0 Å².